The minimum atomic E-state index is -0.149. The molecule has 27 heavy (non-hydrogen) atoms. The number of carbonyl (C=O) groups excluding carboxylic acids is 1. The van der Waals surface area contributed by atoms with Crippen molar-refractivity contribution in [2.75, 3.05) is 11.4 Å². The van der Waals surface area contributed by atoms with Crippen LogP contribution in [0.4, 0.5) is 5.13 Å². The first-order valence-corrected chi connectivity index (χ1v) is 9.90. The zero-order valence-corrected chi connectivity index (χ0v) is 16.8. The van der Waals surface area contributed by atoms with Crippen LogP contribution in [0.3, 0.4) is 0 Å². The van der Waals surface area contributed by atoms with E-state index in [1.54, 1.807) is 41.3 Å². The van der Waals surface area contributed by atoms with Gasteiger partial charge in [0.1, 0.15) is 0 Å². The van der Waals surface area contributed by atoms with Gasteiger partial charge in [-0.2, -0.15) is 5.26 Å². The number of rotatable bonds is 5. The molecule has 0 aliphatic rings. The number of benzene rings is 2. The molecule has 1 heterocycles. The molecule has 0 saturated carbocycles. The van der Waals surface area contributed by atoms with E-state index >= 15 is 0 Å². The van der Waals surface area contributed by atoms with Crippen molar-refractivity contribution in [2.24, 2.45) is 0 Å². The van der Waals surface area contributed by atoms with Crippen molar-refractivity contribution in [1.29, 1.82) is 5.26 Å². The van der Waals surface area contributed by atoms with E-state index in [1.165, 1.54) is 11.3 Å². The Hall–Kier alpha value is -2.39. The van der Waals surface area contributed by atoms with Crippen LogP contribution < -0.4 is 4.90 Å². The van der Waals surface area contributed by atoms with E-state index in [0.717, 1.165) is 12.0 Å². The van der Waals surface area contributed by atoms with E-state index in [-0.39, 0.29) is 5.91 Å². The maximum atomic E-state index is 13.0. The molecule has 0 radical (unpaired) electrons. The molecule has 0 unspecified atom stereocenters. The highest BCUT2D eigenvalue weighted by molar-refractivity contribution is 7.14. The summed E-state index contributed by atoms with van der Waals surface area (Å²) in [7, 11) is 0. The minimum absolute atomic E-state index is 0.149. The molecule has 3 aromatic rings. The van der Waals surface area contributed by atoms with Gasteiger partial charge in [0.05, 0.1) is 22.3 Å². The standard InChI is InChI=1S/C20H15Cl2N3OS/c1-2-9-25(19(26)14-5-3-13(11-23)4-6-14)20-24-18(12-27-20)16-8-7-15(21)10-17(16)22/h3-8,10,12H,2,9H2,1H3. The maximum absolute atomic E-state index is 13.0. The summed E-state index contributed by atoms with van der Waals surface area (Å²) in [6.45, 7) is 2.55. The number of halogens is 2. The Morgan fingerprint density at radius 1 is 1.22 bits per heavy atom. The largest absolute Gasteiger partial charge is 0.284 e. The molecular weight excluding hydrogens is 401 g/mol. The Morgan fingerprint density at radius 3 is 2.59 bits per heavy atom. The summed E-state index contributed by atoms with van der Waals surface area (Å²) in [6.07, 6.45) is 0.790. The Kier molecular flexibility index (Phi) is 6.12. The minimum Gasteiger partial charge on any atom is -0.284 e. The molecule has 1 aromatic heterocycles. The molecule has 7 heteroatoms. The highest BCUT2D eigenvalue weighted by Crippen LogP contribution is 2.34. The lowest BCUT2D eigenvalue weighted by Crippen LogP contribution is -2.31. The first kappa shape index (κ1) is 19.4. The van der Waals surface area contributed by atoms with Crippen LogP contribution in [0.5, 0.6) is 0 Å². The average Bonchev–Trinajstić information content (AvgIpc) is 3.15. The molecule has 0 fully saturated rings. The SMILES string of the molecule is CCCN(C(=O)c1ccc(C#N)cc1)c1nc(-c2ccc(Cl)cc2Cl)cs1. The topological polar surface area (TPSA) is 57.0 Å². The van der Waals surface area contributed by atoms with Gasteiger partial charge in [-0.05, 0) is 48.9 Å². The Labute approximate surface area is 171 Å². The van der Waals surface area contributed by atoms with Crippen molar-refractivity contribution >= 4 is 45.6 Å². The molecule has 2 aromatic carbocycles. The number of aromatic nitrogens is 1. The van der Waals surface area contributed by atoms with Crippen LogP contribution in [-0.4, -0.2) is 17.4 Å². The van der Waals surface area contributed by atoms with Crippen molar-refractivity contribution < 1.29 is 4.79 Å². The van der Waals surface area contributed by atoms with Crippen LogP contribution in [0, 0.1) is 11.3 Å². The van der Waals surface area contributed by atoms with Crippen LogP contribution in [0.15, 0.2) is 47.8 Å². The van der Waals surface area contributed by atoms with Gasteiger partial charge < -0.3 is 0 Å². The molecule has 4 nitrogen and oxygen atoms in total. The van der Waals surface area contributed by atoms with Crippen LogP contribution in [0.2, 0.25) is 10.0 Å². The van der Waals surface area contributed by atoms with E-state index in [4.69, 9.17) is 28.5 Å². The smallest absolute Gasteiger partial charge is 0.260 e. The van der Waals surface area contributed by atoms with E-state index in [2.05, 4.69) is 11.1 Å². The number of carbonyl (C=O) groups is 1. The van der Waals surface area contributed by atoms with Crippen LogP contribution >= 0.6 is 34.5 Å². The predicted octanol–water partition coefficient (Wildman–Crippen LogP) is 6.05. The van der Waals surface area contributed by atoms with Crippen molar-refractivity contribution in [2.45, 2.75) is 13.3 Å². The fourth-order valence-electron chi connectivity index (χ4n) is 2.56. The number of hydrogen-bond donors (Lipinski definition) is 0. The number of nitriles is 1. The second-order valence-electron chi connectivity index (χ2n) is 5.79. The molecule has 1 amide bonds. The van der Waals surface area contributed by atoms with Gasteiger partial charge in [0, 0.05) is 28.1 Å². The van der Waals surface area contributed by atoms with Gasteiger partial charge in [-0.3, -0.25) is 9.69 Å². The molecule has 0 aliphatic carbocycles. The van der Waals surface area contributed by atoms with Crippen LogP contribution in [0.1, 0.15) is 29.3 Å². The molecule has 136 valence electrons. The quantitative estimate of drug-likeness (QED) is 0.509. The Morgan fingerprint density at radius 2 is 1.96 bits per heavy atom. The van der Waals surface area contributed by atoms with E-state index in [9.17, 15) is 4.79 Å². The van der Waals surface area contributed by atoms with Gasteiger partial charge in [-0.25, -0.2) is 4.98 Å². The molecule has 3 rings (SSSR count). The van der Waals surface area contributed by atoms with Gasteiger partial charge in [-0.15, -0.1) is 11.3 Å². The van der Waals surface area contributed by atoms with Crippen molar-refractivity contribution in [3.05, 3.63) is 69.0 Å². The molecular formula is C20H15Cl2N3OS. The summed E-state index contributed by atoms with van der Waals surface area (Å²) in [5, 5.41) is 12.5. The first-order chi connectivity index (χ1) is 13.0. The summed E-state index contributed by atoms with van der Waals surface area (Å²) in [4.78, 5) is 19.2. The lowest BCUT2D eigenvalue weighted by Gasteiger charge is -2.19. The Bertz CT molecular complexity index is 1010. The van der Waals surface area contributed by atoms with Crippen molar-refractivity contribution in [3.8, 4) is 17.3 Å². The number of anilines is 1. The monoisotopic (exact) mass is 415 g/mol. The van der Waals surface area contributed by atoms with Gasteiger partial charge in [0.15, 0.2) is 5.13 Å². The van der Waals surface area contributed by atoms with Crippen molar-refractivity contribution in [3.63, 3.8) is 0 Å². The summed E-state index contributed by atoms with van der Waals surface area (Å²) in [5.74, 6) is -0.149. The Balaban J connectivity index is 1.92. The lowest BCUT2D eigenvalue weighted by molar-refractivity contribution is 0.0987. The molecule has 0 atom stereocenters. The fraction of sp³-hybridized carbons (Fsp3) is 0.150. The van der Waals surface area contributed by atoms with Crippen molar-refractivity contribution in [1.82, 2.24) is 4.98 Å². The molecule has 0 saturated heterocycles. The molecule has 0 aliphatic heterocycles. The molecule has 0 spiro atoms. The summed E-state index contributed by atoms with van der Waals surface area (Å²) >= 11 is 13.6. The number of hydrogen-bond acceptors (Lipinski definition) is 4. The summed E-state index contributed by atoms with van der Waals surface area (Å²) in [6, 6.07) is 13.9. The summed E-state index contributed by atoms with van der Waals surface area (Å²) < 4.78 is 0. The summed E-state index contributed by atoms with van der Waals surface area (Å²) in [5.41, 5.74) is 2.50. The first-order valence-electron chi connectivity index (χ1n) is 8.26. The number of amides is 1. The second-order valence-corrected chi connectivity index (χ2v) is 7.47. The maximum Gasteiger partial charge on any atom is 0.260 e. The molecule has 0 bridgehead atoms. The van der Waals surface area contributed by atoms with E-state index < -0.39 is 0 Å². The third-order valence-electron chi connectivity index (χ3n) is 3.88. The zero-order valence-electron chi connectivity index (χ0n) is 14.4. The lowest BCUT2D eigenvalue weighted by atomic mass is 10.1. The predicted molar refractivity (Wildman–Crippen MR) is 111 cm³/mol. The van der Waals surface area contributed by atoms with Gasteiger partial charge in [0.25, 0.3) is 5.91 Å². The third-order valence-corrected chi connectivity index (χ3v) is 5.29. The van der Waals surface area contributed by atoms with Gasteiger partial charge >= 0.3 is 0 Å². The number of nitrogens with zero attached hydrogens (tertiary/aromatic N) is 3. The second kappa shape index (κ2) is 8.53. The van der Waals surface area contributed by atoms with Gasteiger partial charge in [-0.1, -0.05) is 30.1 Å². The fourth-order valence-corrected chi connectivity index (χ4v) is 3.91. The highest BCUT2D eigenvalue weighted by Gasteiger charge is 2.21. The number of thiazole rings is 1. The van der Waals surface area contributed by atoms with Gasteiger partial charge in [0.2, 0.25) is 0 Å². The zero-order chi connectivity index (χ0) is 19.4. The third kappa shape index (κ3) is 4.30. The molecule has 0 N–H and O–H groups in total. The van der Waals surface area contributed by atoms with Crippen LogP contribution in [-0.2, 0) is 0 Å². The van der Waals surface area contributed by atoms with E-state index in [1.807, 2.05) is 18.4 Å². The normalized spacial score (nSPS) is 10.4. The van der Waals surface area contributed by atoms with E-state index in [0.29, 0.717) is 38.5 Å². The average molecular weight is 416 g/mol. The van der Waals surface area contributed by atoms with Crippen LogP contribution in [0.25, 0.3) is 11.3 Å². The highest BCUT2D eigenvalue weighted by atomic mass is 35.5.